The minimum atomic E-state index is -0.833. The van der Waals surface area contributed by atoms with E-state index in [-0.39, 0.29) is 91.1 Å². The van der Waals surface area contributed by atoms with Crippen molar-refractivity contribution in [3.8, 4) is 0 Å². The second kappa shape index (κ2) is 15.7. The number of carbonyl (C=O) groups is 1. The summed E-state index contributed by atoms with van der Waals surface area (Å²) in [4.78, 5) is 9.00. The molecule has 0 saturated heterocycles. The summed E-state index contributed by atoms with van der Waals surface area (Å²) >= 11 is 0. The van der Waals surface area contributed by atoms with Crippen LogP contribution in [-0.4, -0.2) is 34.1 Å². The molecule has 1 N–H and O–H groups in total. The van der Waals surface area contributed by atoms with Gasteiger partial charge in [0.05, 0.1) is 0 Å². The third-order valence-electron chi connectivity index (χ3n) is 0. The van der Waals surface area contributed by atoms with Gasteiger partial charge in [-0.15, -0.1) is 12.4 Å². The van der Waals surface area contributed by atoms with Crippen LogP contribution in [0.3, 0.4) is 0 Å². The average molecular weight is 163 g/mol. The quantitative estimate of drug-likeness (QED) is 0.400. The molecular weight excluding hydrogens is 155 g/mol. The molecule has 0 fully saturated rings. The third-order valence-corrected chi connectivity index (χ3v) is 0. The van der Waals surface area contributed by atoms with E-state index in [1.807, 2.05) is 0 Å². The summed E-state index contributed by atoms with van der Waals surface area (Å²) < 4.78 is 0. The zero-order chi connectivity index (χ0) is 3.58. The fraction of sp³-hybridized carbons (Fsp3) is 0.500. The van der Waals surface area contributed by atoms with Crippen LogP contribution in [0.5, 0.6) is 0 Å². The van der Waals surface area contributed by atoms with Gasteiger partial charge in [0.25, 0.3) is 5.97 Å². The second-order valence-electron chi connectivity index (χ2n) is 0.519. The van der Waals surface area contributed by atoms with Crippen molar-refractivity contribution in [3.63, 3.8) is 0 Å². The molecule has 0 bridgehead atoms. The van der Waals surface area contributed by atoms with Crippen LogP contribution in [0.15, 0.2) is 0 Å². The van der Waals surface area contributed by atoms with Gasteiger partial charge in [0, 0.05) is 6.92 Å². The molecular formula is C2H8ClKMgO2. The van der Waals surface area contributed by atoms with E-state index >= 15 is 0 Å². The fourth-order valence-corrected chi connectivity index (χ4v) is 0. The van der Waals surface area contributed by atoms with E-state index in [0.717, 1.165) is 6.92 Å². The molecule has 0 spiro atoms. The molecule has 0 unspecified atom stereocenters. The molecule has 0 aliphatic heterocycles. The number of hydrogen-bond acceptors (Lipinski definition) is 1. The summed E-state index contributed by atoms with van der Waals surface area (Å²) in [5.74, 6) is -0.833. The Kier molecular flexibility index (Phi) is 51.4. The Morgan fingerprint density at radius 1 is 1.71 bits per heavy atom. The zero-order valence-corrected chi connectivity index (χ0v) is 9.82. The first-order chi connectivity index (χ1) is 1.73. The van der Waals surface area contributed by atoms with Crippen molar-refractivity contribution in [1.29, 1.82) is 0 Å². The van der Waals surface area contributed by atoms with E-state index in [9.17, 15) is 0 Å². The van der Waals surface area contributed by atoms with Crippen molar-refractivity contribution in [2.45, 2.75) is 6.92 Å². The van der Waals surface area contributed by atoms with E-state index in [1.165, 1.54) is 0 Å². The first-order valence-electron chi connectivity index (χ1n) is 0.928. The number of carboxylic acid groups (broad SMARTS) is 1. The Balaban J connectivity index is -0.00000000300. The molecule has 5 heteroatoms. The summed E-state index contributed by atoms with van der Waals surface area (Å²) in [5.41, 5.74) is 0. The summed E-state index contributed by atoms with van der Waals surface area (Å²) in [6.45, 7) is 1.08. The number of hydrogen-bond donors (Lipinski definition) is 1. The monoisotopic (exact) mass is 162 g/mol. The maximum atomic E-state index is 9.00. The predicted octanol–water partition coefficient (Wildman–Crippen LogP) is -2.53. The Hall–Kier alpha value is 2.16. The van der Waals surface area contributed by atoms with E-state index in [4.69, 9.17) is 9.90 Å². The van der Waals surface area contributed by atoms with Gasteiger partial charge >= 0.3 is 74.4 Å². The summed E-state index contributed by atoms with van der Waals surface area (Å²) in [6, 6.07) is 0. The van der Waals surface area contributed by atoms with Crippen LogP contribution >= 0.6 is 12.4 Å². The smallest absolute Gasteiger partial charge is 1.00 e. The molecule has 7 heavy (non-hydrogen) atoms. The van der Waals surface area contributed by atoms with Gasteiger partial charge in [0.2, 0.25) is 0 Å². The molecule has 0 radical (unpaired) electrons. The van der Waals surface area contributed by atoms with Gasteiger partial charge in [-0.1, -0.05) is 0 Å². The average Bonchev–Trinajstić information content (AvgIpc) is 0.811. The summed E-state index contributed by atoms with van der Waals surface area (Å²) in [7, 11) is 0. The van der Waals surface area contributed by atoms with Gasteiger partial charge in [-0.2, -0.15) is 0 Å². The molecule has 0 saturated carbocycles. The van der Waals surface area contributed by atoms with Crippen LogP contribution in [0.4, 0.5) is 0 Å². The van der Waals surface area contributed by atoms with Crippen LogP contribution in [0.1, 0.15) is 11.2 Å². The standard InChI is InChI=1S/C2H4O2.ClH.K.Mg.3H/c1-2(3)4;;;;;;/h1H3,(H,3,4);1H;;;;;/q;;+1;+2;3*-1. The van der Waals surface area contributed by atoms with Gasteiger partial charge in [0.15, 0.2) is 0 Å². The van der Waals surface area contributed by atoms with Gasteiger partial charge in [-0.05, 0) is 0 Å². The van der Waals surface area contributed by atoms with Crippen LogP contribution in [-0.2, 0) is 4.79 Å². The van der Waals surface area contributed by atoms with E-state index in [0.29, 0.717) is 0 Å². The van der Waals surface area contributed by atoms with E-state index < -0.39 is 5.97 Å². The zero-order valence-electron chi connectivity index (χ0n) is 7.47. The van der Waals surface area contributed by atoms with E-state index in [2.05, 4.69) is 0 Å². The largest absolute Gasteiger partial charge is 2.00 e. The summed E-state index contributed by atoms with van der Waals surface area (Å²) in [6.07, 6.45) is 0. The van der Waals surface area contributed by atoms with Crippen molar-refractivity contribution in [2.75, 3.05) is 0 Å². The van der Waals surface area contributed by atoms with Crippen molar-refractivity contribution >= 4 is 41.4 Å². The van der Waals surface area contributed by atoms with Crippen molar-refractivity contribution in [3.05, 3.63) is 0 Å². The fourth-order valence-electron chi connectivity index (χ4n) is 0. The van der Waals surface area contributed by atoms with Gasteiger partial charge in [-0.3, -0.25) is 4.79 Å². The normalized spacial score (nSPS) is 3.57. The molecule has 38 valence electrons. The predicted molar refractivity (Wildman–Crippen MR) is 29.6 cm³/mol. The minimum Gasteiger partial charge on any atom is -1.00 e. The number of rotatable bonds is 0. The number of aliphatic carboxylic acids is 1. The molecule has 0 aliphatic rings. The molecule has 0 heterocycles. The van der Waals surface area contributed by atoms with Crippen molar-refractivity contribution in [2.24, 2.45) is 0 Å². The first kappa shape index (κ1) is 22.9. The molecule has 0 aromatic heterocycles. The van der Waals surface area contributed by atoms with Crippen molar-refractivity contribution < 1.29 is 65.6 Å². The Bertz CT molecular complexity index is 47.5. The second-order valence-corrected chi connectivity index (χ2v) is 0.519. The SMILES string of the molecule is CC(=O)O.Cl.[H-].[H-].[H-].[K+].[Mg+2]. The Labute approximate surface area is 112 Å². The maximum absolute atomic E-state index is 9.00. The van der Waals surface area contributed by atoms with Gasteiger partial charge in [0.1, 0.15) is 0 Å². The van der Waals surface area contributed by atoms with Crippen LogP contribution in [0.2, 0.25) is 0 Å². The summed E-state index contributed by atoms with van der Waals surface area (Å²) in [5, 5.41) is 7.42. The van der Waals surface area contributed by atoms with Crippen LogP contribution in [0, 0.1) is 0 Å². The van der Waals surface area contributed by atoms with Gasteiger partial charge < -0.3 is 9.39 Å². The Morgan fingerprint density at radius 2 is 1.71 bits per heavy atom. The Morgan fingerprint density at radius 3 is 1.71 bits per heavy atom. The molecule has 0 aliphatic carbocycles. The molecule has 0 aromatic carbocycles. The molecule has 0 atom stereocenters. The molecule has 0 aromatic rings. The van der Waals surface area contributed by atoms with Crippen LogP contribution in [0.25, 0.3) is 0 Å². The minimum absolute atomic E-state index is 0. The van der Waals surface area contributed by atoms with Gasteiger partial charge in [-0.25, -0.2) is 0 Å². The molecule has 0 amide bonds. The van der Waals surface area contributed by atoms with Crippen LogP contribution < -0.4 is 51.4 Å². The molecule has 0 rings (SSSR count). The number of carboxylic acids is 1. The van der Waals surface area contributed by atoms with Crippen molar-refractivity contribution in [1.82, 2.24) is 0 Å². The maximum Gasteiger partial charge on any atom is 2.00 e. The number of halogens is 1. The topological polar surface area (TPSA) is 37.3 Å². The molecule has 2 nitrogen and oxygen atoms in total. The third kappa shape index (κ3) is 66.3. The van der Waals surface area contributed by atoms with E-state index in [1.54, 1.807) is 0 Å². The first-order valence-corrected chi connectivity index (χ1v) is 0.928.